The molecule has 2 N–H and O–H groups in total. The molecule has 2 unspecified atom stereocenters. The molecule has 1 saturated carbocycles. The monoisotopic (exact) mass is 184 g/mol. The van der Waals surface area contributed by atoms with Gasteiger partial charge in [0.15, 0.2) is 0 Å². The summed E-state index contributed by atoms with van der Waals surface area (Å²) in [6, 6.07) is 0.325. The predicted molar refractivity (Wildman–Crippen MR) is 48.2 cm³/mol. The van der Waals surface area contributed by atoms with Crippen molar-refractivity contribution in [1.29, 1.82) is 0 Å². The zero-order chi connectivity index (χ0) is 9.42. The molecule has 0 spiro atoms. The highest BCUT2D eigenvalue weighted by molar-refractivity contribution is 5.68. The van der Waals surface area contributed by atoms with Crippen LogP contribution in [0.1, 0.15) is 13.3 Å². The Labute approximate surface area is 78.0 Å². The molecule has 0 aromatic heterocycles. The number of hydrogen-bond acceptors (Lipinski definition) is 3. The zero-order valence-electron chi connectivity index (χ0n) is 7.90. The number of nitrogens with two attached hydrogens (primary N) is 1. The minimum absolute atomic E-state index is 0.177. The molecular formula is C9H16N2O2. The fourth-order valence-corrected chi connectivity index (χ4v) is 2.29. The van der Waals surface area contributed by atoms with E-state index >= 15 is 0 Å². The van der Waals surface area contributed by atoms with E-state index in [1.807, 2.05) is 6.92 Å². The summed E-state index contributed by atoms with van der Waals surface area (Å²) < 4.78 is 4.93. The molecule has 2 bridgehead atoms. The van der Waals surface area contributed by atoms with E-state index in [0.29, 0.717) is 24.5 Å². The van der Waals surface area contributed by atoms with Crippen molar-refractivity contribution in [2.75, 3.05) is 19.7 Å². The first-order valence-corrected chi connectivity index (χ1v) is 4.89. The highest BCUT2D eigenvalue weighted by atomic mass is 16.6. The van der Waals surface area contributed by atoms with E-state index in [1.54, 1.807) is 4.90 Å². The predicted octanol–water partition coefficient (Wildman–Crippen LogP) is 0.422. The van der Waals surface area contributed by atoms with Crippen LogP contribution in [0.15, 0.2) is 0 Å². The van der Waals surface area contributed by atoms with E-state index in [2.05, 4.69) is 0 Å². The number of rotatable bonds is 1. The molecule has 0 radical (unpaired) electrons. The van der Waals surface area contributed by atoms with Gasteiger partial charge in [-0.2, -0.15) is 0 Å². The lowest BCUT2D eigenvalue weighted by Crippen LogP contribution is -2.63. The molecule has 3 aliphatic rings. The van der Waals surface area contributed by atoms with Gasteiger partial charge < -0.3 is 15.4 Å². The van der Waals surface area contributed by atoms with E-state index < -0.39 is 0 Å². The normalized spacial score (nSPS) is 36.8. The number of carbonyl (C=O) groups excluding carboxylic acids is 1. The summed E-state index contributed by atoms with van der Waals surface area (Å²) in [5, 5.41) is 0. The quantitative estimate of drug-likeness (QED) is 0.642. The Morgan fingerprint density at radius 1 is 1.54 bits per heavy atom. The molecule has 3 fully saturated rings. The third-order valence-electron chi connectivity index (χ3n) is 3.13. The van der Waals surface area contributed by atoms with Gasteiger partial charge in [0.05, 0.1) is 6.61 Å². The molecule has 13 heavy (non-hydrogen) atoms. The van der Waals surface area contributed by atoms with Gasteiger partial charge in [-0.15, -0.1) is 0 Å². The smallest absolute Gasteiger partial charge is 0.409 e. The van der Waals surface area contributed by atoms with E-state index in [-0.39, 0.29) is 6.09 Å². The lowest BCUT2D eigenvalue weighted by molar-refractivity contribution is 0.000577. The van der Waals surface area contributed by atoms with Gasteiger partial charge >= 0.3 is 6.09 Å². The molecular weight excluding hydrogens is 168 g/mol. The molecule has 1 aliphatic carbocycles. The van der Waals surface area contributed by atoms with Crippen LogP contribution in [0.4, 0.5) is 4.79 Å². The molecule has 1 amide bonds. The molecule has 4 nitrogen and oxygen atoms in total. The van der Waals surface area contributed by atoms with Gasteiger partial charge in [-0.05, 0) is 25.2 Å². The lowest BCUT2D eigenvalue weighted by atomic mass is 9.67. The van der Waals surface area contributed by atoms with Crippen molar-refractivity contribution in [3.63, 3.8) is 0 Å². The Morgan fingerprint density at radius 3 is 2.62 bits per heavy atom. The second kappa shape index (κ2) is 3.18. The number of amides is 1. The van der Waals surface area contributed by atoms with Crippen LogP contribution in [0.25, 0.3) is 0 Å². The van der Waals surface area contributed by atoms with E-state index in [4.69, 9.17) is 10.5 Å². The standard InChI is InChI=1S/C9H16N2O2/c1-2-13-9(12)11-4-6-3-7(5-11)8(6)10/h6-8H,2-5,10H2,1H3. The first-order chi connectivity index (χ1) is 6.22. The SMILES string of the molecule is CCOC(=O)N1CC2CC(C1)C2N. The van der Waals surface area contributed by atoms with Crippen molar-refractivity contribution in [3.05, 3.63) is 0 Å². The summed E-state index contributed by atoms with van der Waals surface area (Å²) in [6.07, 6.45) is 1.01. The fraction of sp³-hybridized carbons (Fsp3) is 0.889. The van der Waals surface area contributed by atoms with Gasteiger partial charge in [0.1, 0.15) is 0 Å². The molecule has 0 aromatic rings. The van der Waals surface area contributed by atoms with Crippen molar-refractivity contribution in [1.82, 2.24) is 4.90 Å². The topological polar surface area (TPSA) is 55.6 Å². The molecule has 0 aromatic carbocycles. The molecule has 74 valence electrons. The Bertz CT molecular complexity index is 208. The van der Waals surface area contributed by atoms with Gasteiger partial charge in [-0.25, -0.2) is 4.79 Å². The summed E-state index contributed by atoms with van der Waals surface area (Å²) in [5.74, 6) is 1.03. The molecule has 2 saturated heterocycles. The van der Waals surface area contributed by atoms with Crippen LogP contribution in [-0.2, 0) is 4.74 Å². The summed E-state index contributed by atoms with van der Waals surface area (Å²) >= 11 is 0. The van der Waals surface area contributed by atoms with Crippen LogP contribution in [-0.4, -0.2) is 36.7 Å². The average molecular weight is 184 g/mol. The third-order valence-corrected chi connectivity index (χ3v) is 3.13. The first kappa shape index (κ1) is 8.81. The van der Waals surface area contributed by atoms with Gasteiger partial charge in [0.25, 0.3) is 0 Å². The number of fused-ring (bicyclic) bond motifs is 2. The summed E-state index contributed by atoms with van der Waals surface area (Å²) in [4.78, 5) is 13.1. The lowest BCUT2D eigenvalue weighted by Gasteiger charge is -2.51. The van der Waals surface area contributed by atoms with Crippen molar-refractivity contribution in [3.8, 4) is 0 Å². The van der Waals surface area contributed by atoms with Crippen molar-refractivity contribution in [2.24, 2.45) is 17.6 Å². The van der Waals surface area contributed by atoms with Crippen molar-refractivity contribution < 1.29 is 9.53 Å². The number of carbonyl (C=O) groups is 1. The third kappa shape index (κ3) is 1.39. The second-order valence-electron chi connectivity index (χ2n) is 3.94. The van der Waals surface area contributed by atoms with Crippen LogP contribution in [0.5, 0.6) is 0 Å². The van der Waals surface area contributed by atoms with Crippen LogP contribution in [0.3, 0.4) is 0 Å². The van der Waals surface area contributed by atoms with Gasteiger partial charge in [-0.1, -0.05) is 0 Å². The Morgan fingerprint density at radius 2 is 2.15 bits per heavy atom. The van der Waals surface area contributed by atoms with Gasteiger partial charge in [0, 0.05) is 19.1 Å². The highest BCUT2D eigenvalue weighted by Crippen LogP contribution is 2.38. The summed E-state index contributed by atoms with van der Waals surface area (Å²) in [7, 11) is 0. The summed E-state index contributed by atoms with van der Waals surface area (Å²) in [6.45, 7) is 3.86. The highest BCUT2D eigenvalue weighted by Gasteiger charge is 2.45. The maximum absolute atomic E-state index is 11.3. The van der Waals surface area contributed by atoms with Crippen LogP contribution >= 0.6 is 0 Å². The number of ether oxygens (including phenoxy) is 1. The fourth-order valence-electron chi connectivity index (χ4n) is 2.29. The van der Waals surface area contributed by atoms with Crippen LogP contribution in [0, 0.1) is 11.8 Å². The van der Waals surface area contributed by atoms with E-state index in [0.717, 1.165) is 13.1 Å². The Kier molecular flexibility index (Phi) is 2.15. The Balaban J connectivity index is 1.88. The van der Waals surface area contributed by atoms with Gasteiger partial charge in [0.2, 0.25) is 0 Å². The summed E-state index contributed by atoms with van der Waals surface area (Å²) in [5.41, 5.74) is 5.89. The van der Waals surface area contributed by atoms with Crippen molar-refractivity contribution in [2.45, 2.75) is 19.4 Å². The minimum Gasteiger partial charge on any atom is -0.450 e. The average Bonchev–Trinajstić information content (AvgIpc) is 2.17. The molecule has 2 heterocycles. The Hall–Kier alpha value is -0.770. The zero-order valence-corrected chi connectivity index (χ0v) is 7.90. The largest absolute Gasteiger partial charge is 0.450 e. The number of piperidine rings is 2. The van der Waals surface area contributed by atoms with E-state index in [9.17, 15) is 4.79 Å². The second-order valence-corrected chi connectivity index (χ2v) is 3.94. The number of nitrogens with zero attached hydrogens (tertiary/aromatic N) is 1. The van der Waals surface area contributed by atoms with Crippen LogP contribution in [0.2, 0.25) is 0 Å². The van der Waals surface area contributed by atoms with Gasteiger partial charge in [-0.3, -0.25) is 0 Å². The molecule has 3 rings (SSSR count). The molecule has 2 aliphatic heterocycles. The minimum atomic E-state index is -0.177. The maximum atomic E-state index is 11.3. The van der Waals surface area contributed by atoms with Crippen molar-refractivity contribution >= 4 is 6.09 Å². The number of hydrogen-bond donors (Lipinski definition) is 1. The molecule has 4 heteroatoms. The van der Waals surface area contributed by atoms with Crippen LogP contribution < -0.4 is 5.73 Å². The maximum Gasteiger partial charge on any atom is 0.409 e. The molecule has 2 atom stereocenters. The first-order valence-electron chi connectivity index (χ1n) is 4.89. The van der Waals surface area contributed by atoms with E-state index in [1.165, 1.54) is 6.42 Å².